The van der Waals surface area contributed by atoms with Crippen molar-refractivity contribution in [3.8, 4) is 11.6 Å². The van der Waals surface area contributed by atoms with Gasteiger partial charge in [-0.1, -0.05) is 36.4 Å². The summed E-state index contributed by atoms with van der Waals surface area (Å²) in [7, 11) is 1.94. The molecule has 3 nitrogen and oxygen atoms in total. The lowest BCUT2D eigenvalue weighted by molar-refractivity contribution is 0.460. The molecule has 0 atom stereocenters. The molecule has 0 saturated carbocycles. The molecule has 0 fully saturated rings. The van der Waals surface area contributed by atoms with E-state index >= 15 is 0 Å². The van der Waals surface area contributed by atoms with E-state index in [2.05, 4.69) is 16.4 Å². The summed E-state index contributed by atoms with van der Waals surface area (Å²) < 4.78 is 5.97. The van der Waals surface area contributed by atoms with E-state index in [0.717, 1.165) is 28.8 Å². The third-order valence-electron chi connectivity index (χ3n) is 3.45. The monoisotopic (exact) mass is 278 g/mol. The predicted octanol–water partition coefficient (Wildman–Crippen LogP) is 4.05. The van der Waals surface area contributed by atoms with Crippen molar-refractivity contribution < 1.29 is 4.74 Å². The van der Waals surface area contributed by atoms with Crippen LogP contribution in [-0.4, -0.2) is 12.0 Å². The summed E-state index contributed by atoms with van der Waals surface area (Å²) in [5.74, 6) is 1.48. The molecule has 1 heterocycles. The smallest absolute Gasteiger partial charge is 0.220 e. The molecule has 3 aromatic rings. The van der Waals surface area contributed by atoms with Crippen LogP contribution in [0.1, 0.15) is 11.1 Å². The first-order chi connectivity index (χ1) is 10.3. The summed E-state index contributed by atoms with van der Waals surface area (Å²) >= 11 is 0. The number of nitrogens with zero attached hydrogens (tertiary/aromatic N) is 1. The molecule has 1 aromatic heterocycles. The van der Waals surface area contributed by atoms with Crippen LogP contribution >= 0.6 is 0 Å². The van der Waals surface area contributed by atoms with Gasteiger partial charge >= 0.3 is 0 Å². The zero-order chi connectivity index (χ0) is 14.7. The van der Waals surface area contributed by atoms with E-state index in [1.165, 1.54) is 5.56 Å². The van der Waals surface area contributed by atoms with Gasteiger partial charge in [0.2, 0.25) is 5.88 Å². The summed E-state index contributed by atoms with van der Waals surface area (Å²) in [6.07, 6.45) is 0. The number of aromatic nitrogens is 1. The zero-order valence-corrected chi connectivity index (χ0v) is 12.3. The Kier molecular flexibility index (Phi) is 3.84. The van der Waals surface area contributed by atoms with Crippen molar-refractivity contribution in [3.63, 3.8) is 0 Å². The summed E-state index contributed by atoms with van der Waals surface area (Å²) in [5, 5.41) is 4.35. The van der Waals surface area contributed by atoms with Crippen LogP contribution in [0.15, 0.2) is 54.6 Å². The number of ether oxygens (including phenoxy) is 1. The molecule has 2 aromatic carbocycles. The van der Waals surface area contributed by atoms with Gasteiger partial charge in [-0.3, -0.25) is 0 Å². The predicted molar refractivity (Wildman–Crippen MR) is 85.8 cm³/mol. The van der Waals surface area contributed by atoms with E-state index in [1.54, 1.807) is 0 Å². The molecule has 21 heavy (non-hydrogen) atoms. The summed E-state index contributed by atoms with van der Waals surface area (Å²) in [5.41, 5.74) is 3.24. The lowest BCUT2D eigenvalue weighted by Gasteiger charge is -2.11. The van der Waals surface area contributed by atoms with Crippen molar-refractivity contribution in [3.05, 3.63) is 65.7 Å². The van der Waals surface area contributed by atoms with E-state index in [9.17, 15) is 0 Å². The lowest BCUT2D eigenvalue weighted by atomic mass is 10.1. The van der Waals surface area contributed by atoms with Crippen molar-refractivity contribution in [2.75, 3.05) is 7.05 Å². The Morgan fingerprint density at radius 1 is 1.05 bits per heavy atom. The molecule has 0 amide bonds. The lowest BCUT2D eigenvalue weighted by Crippen LogP contribution is -2.06. The average Bonchev–Trinajstić information content (AvgIpc) is 2.50. The Balaban J connectivity index is 2.05. The molecule has 0 spiro atoms. The van der Waals surface area contributed by atoms with Gasteiger partial charge < -0.3 is 10.1 Å². The summed E-state index contributed by atoms with van der Waals surface area (Å²) in [4.78, 5) is 4.60. The van der Waals surface area contributed by atoms with Crippen LogP contribution in [0.25, 0.3) is 10.9 Å². The maximum absolute atomic E-state index is 5.97. The largest absolute Gasteiger partial charge is 0.439 e. The third kappa shape index (κ3) is 2.88. The van der Waals surface area contributed by atoms with Gasteiger partial charge in [0.05, 0.1) is 5.52 Å². The number of aryl methyl sites for hydroxylation is 1. The number of para-hydroxylation sites is 2. The highest BCUT2D eigenvalue weighted by Crippen LogP contribution is 2.27. The van der Waals surface area contributed by atoms with Gasteiger partial charge in [-0.25, -0.2) is 4.98 Å². The highest BCUT2D eigenvalue weighted by Gasteiger charge is 2.07. The number of benzene rings is 2. The molecule has 106 valence electrons. The molecule has 0 bridgehead atoms. The van der Waals surface area contributed by atoms with Gasteiger partial charge in [0, 0.05) is 18.0 Å². The highest BCUT2D eigenvalue weighted by molar-refractivity contribution is 5.82. The fourth-order valence-corrected chi connectivity index (χ4v) is 2.39. The summed E-state index contributed by atoms with van der Waals surface area (Å²) in [6, 6.07) is 18.1. The maximum Gasteiger partial charge on any atom is 0.220 e. The average molecular weight is 278 g/mol. The highest BCUT2D eigenvalue weighted by atomic mass is 16.5. The molecule has 3 rings (SSSR count). The SMILES string of the molecule is CNCc1cc(Oc2ccccc2C)nc2ccccc12. The summed E-state index contributed by atoms with van der Waals surface area (Å²) in [6.45, 7) is 2.82. The van der Waals surface area contributed by atoms with Crippen molar-refractivity contribution in [1.82, 2.24) is 10.3 Å². The van der Waals surface area contributed by atoms with Crippen LogP contribution < -0.4 is 10.1 Å². The fraction of sp³-hybridized carbons (Fsp3) is 0.167. The topological polar surface area (TPSA) is 34.1 Å². The molecular weight excluding hydrogens is 260 g/mol. The fourth-order valence-electron chi connectivity index (χ4n) is 2.39. The van der Waals surface area contributed by atoms with Gasteiger partial charge in [0.15, 0.2) is 0 Å². The van der Waals surface area contributed by atoms with Crippen LogP contribution in [-0.2, 0) is 6.54 Å². The molecule has 0 aliphatic heterocycles. The Hall–Kier alpha value is -2.39. The minimum atomic E-state index is 0.633. The molecule has 0 unspecified atom stereocenters. The van der Waals surface area contributed by atoms with Gasteiger partial charge in [0.25, 0.3) is 0 Å². The minimum Gasteiger partial charge on any atom is -0.439 e. The second-order valence-corrected chi connectivity index (χ2v) is 5.03. The van der Waals surface area contributed by atoms with E-state index in [1.807, 2.05) is 62.5 Å². The first-order valence-electron chi connectivity index (χ1n) is 7.04. The van der Waals surface area contributed by atoms with Crippen molar-refractivity contribution >= 4 is 10.9 Å². The molecular formula is C18H18N2O. The van der Waals surface area contributed by atoms with Crippen molar-refractivity contribution in [1.29, 1.82) is 0 Å². The van der Waals surface area contributed by atoms with Crippen LogP contribution in [0.2, 0.25) is 0 Å². The first-order valence-corrected chi connectivity index (χ1v) is 7.04. The standard InChI is InChI=1S/C18H18N2O/c1-13-7-3-6-10-17(13)21-18-11-14(12-19-2)15-8-4-5-9-16(15)20-18/h3-11,19H,12H2,1-2H3. The number of rotatable bonds is 4. The number of fused-ring (bicyclic) bond motifs is 1. The molecule has 0 aliphatic carbocycles. The molecule has 0 aliphatic rings. The minimum absolute atomic E-state index is 0.633. The Morgan fingerprint density at radius 2 is 1.81 bits per heavy atom. The Bertz CT molecular complexity index is 768. The normalized spacial score (nSPS) is 10.8. The van der Waals surface area contributed by atoms with Crippen molar-refractivity contribution in [2.45, 2.75) is 13.5 Å². The Labute approximate surface area is 124 Å². The van der Waals surface area contributed by atoms with Gasteiger partial charge in [0.1, 0.15) is 5.75 Å². The molecule has 0 saturated heterocycles. The number of hydrogen-bond donors (Lipinski definition) is 1. The van der Waals surface area contributed by atoms with Crippen LogP contribution in [0.3, 0.4) is 0 Å². The zero-order valence-electron chi connectivity index (χ0n) is 12.3. The van der Waals surface area contributed by atoms with Gasteiger partial charge in [-0.05, 0) is 37.2 Å². The third-order valence-corrected chi connectivity index (χ3v) is 3.45. The Morgan fingerprint density at radius 3 is 2.62 bits per heavy atom. The second kappa shape index (κ2) is 5.94. The number of pyridine rings is 1. The van der Waals surface area contributed by atoms with Gasteiger partial charge in [-0.2, -0.15) is 0 Å². The van der Waals surface area contributed by atoms with Crippen molar-refractivity contribution in [2.24, 2.45) is 0 Å². The van der Waals surface area contributed by atoms with E-state index in [4.69, 9.17) is 4.74 Å². The quantitative estimate of drug-likeness (QED) is 0.781. The number of nitrogens with one attached hydrogen (secondary N) is 1. The van der Waals surface area contributed by atoms with Crippen LogP contribution in [0.5, 0.6) is 11.6 Å². The second-order valence-electron chi connectivity index (χ2n) is 5.03. The molecule has 0 radical (unpaired) electrons. The maximum atomic E-state index is 5.97. The molecule has 1 N–H and O–H groups in total. The number of hydrogen-bond acceptors (Lipinski definition) is 3. The first kappa shape index (κ1) is 13.6. The van der Waals surface area contributed by atoms with E-state index in [0.29, 0.717) is 5.88 Å². The van der Waals surface area contributed by atoms with Crippen LogP contribution in [0, 0.1) is 6.92 Å². The van der Waals surface area contributed by atoms with Gasteiger partial charge in [-0.15, -0.1) is 0 Å². The van der Waals surface area contributed by atoms with Crippen LogP contribution in [0.4, 0.5) is 0 Å². The molecule has 3 heteroatoms. The van der Waals surface area contributed by atoms with E-state index in [-0.39, 0.29) is 0 Å². The van der Waals surface area contributed by atoms with E-state index < -0.39 is 0 Å².